The van der Waals surface area contributed by atoms with Crippen LogP contribution in [0.1, 0.15) is 36.7 Å². The van der Waals surface area contributed by atoms with Crippen molar-refractivity contribution in [3.8, 4) is 11.1 Å². The highest BCUT2D eigenvalue weighted by Crippen LogP contribution is 2.35. The van der Waals surface area contributed by atoms with Crippen LogP contribution in [0.2, 0.25) is 5.02 Å². The molecule has 2 rings (SSSR count). The van der Waals surface area contributed by atoms with Crippen molar-refractivity contribution >= 4 is 29.4 Å². The molecule has 9 heteroatoms. The van der Waals surface area contributed by atoms with E-state index in [1.807, 2.05) is 0 Å². The topological polar surface area (TPSA) is 75.6 Å². The molecule has 5 nitrogen and oxygen atoms in total. The number of carboxylic acid groups (broad SMARTS) is 1. The van der Waals surface area contributed by atoms with Crippen LogP contribution in [0, 0.1) is 0 Å². The van der Waals surface area contributed by atoms with Crippen molar-refractivity contribution < 1.29 is 32.6 Å². The number of halogens is 4. The largest absolute Gasteiger partial charge is 0.478 e. The van der Waals surface area contributed by atoms with E-state index in [9.17, 15) is 27.9 Å². The van der Waals surface area contributed by atoms with Crippen molar-refractivity contribution in [2.45, 2.75) is 32.5 Å². The molecule has 0 aromatic heterocycles. The van der Waals surface area contributed by atoms with Crippen LogP contribution in [-0.4, -0.2) is 22.8 Å². The summed E-state index contributed by atoms with van der Waals surface area (Å²) in [6.07, 6.45) is -5.46. The van der Waals surface area contributed by atoms with Crippen LogP contribution < -0.4 is 5.32 Å². The van der Waals surface area contributed by atoms with Crippen molar-refractivity contribution in [2.75, 3.05) is 5.32 Å². The minimum absolute atomic E-state index is 0.0522. The lowest BCUT2D eigenvalue weighted by molar-refractivity contribution is -0.137. The summed E-state index contributed by atoms with van der Waals surface area (Å²) in [5.41, 5.74) is -1.82. The molecule has 1 amide bonds. The van der Waals surface area contributed by atoms with Crippen LogP contribution in [0.3, 0.4) is 0 Å². The molecule has 2 aromatic carbocycles. The lowest BCUT2D eigenvalue weighted by Crippen LogP contribution is -2.27. The van der Waals surface area contributed by atoms with E-state index in [-0.39, 0.29) is 27.4 Å². The van der Waals surface area contributed by atoms with Crippen LogP contribution in [0.25, 0.3) is 11.1 Å². The molecule has 2 N–H and O–H groups in total. The molecular weight excluding hydrogens is 399 g/mol. The highest BCUT2D eigenvalue weighted by molar-refractivity contribution is 6.31. The van der Waals surface area contributed by atoms with Gasteiger partial charge in [-0.2, -0.15) is 13.2 Å². The Morgan fingerprint density at radius 1 is 1.04 bits per heavy atom. The van der Waals surface area contributed by atoms with Gasteiger partial charge in [0.1, 0.15) is 5.60 Å². The fourth-order valence-corrected chi connectivity index (χ4v) is 2.58. The molecule has 28 heavy (non-hydrogen) atoms. The van der Waals surface area contributed by atoms with Crippen molar-refractivity contribution in [1.29, 1.82) is 0 Å². The van der Waals surface area contributed by atoms with Crippen molar-refractivity contribution in [1.82, 2.24) is 0 Å². The third kappa shape index (κ3) is 5.63. The molecule has 0 bridgehead atoms. The molecule has 0 saturated heterocycles. The average molecular weight is 416 g/mol. The fraction of sp³-hybridized carbons (Fsp3) is 0.263. The second kappa shape index (κ2) is 7.71. The van der Waals surface area contributed by atoms with E-state index in [1.54, 1.807) is 20.8 Å². The molecule has 0 unspecified atom stereocenters. The van der Waals surface area contributed by atoms with E-state index in [0.29, 0.717) is 0 Å². The summed E-state index contributed by atoms with van der Waals surface area (Å²) in [6, 6.07) is 6.75. The zero-order valence-electron chi connectivity index (χ0n) is 15.1. The monoisotopic (exact) mass is 415 g/mol. The van der Waals surface area contributed by atoms with Gasteiger partial charge in [0.05, 0.1) is 16.8 Å². The van der Waals surface area contributed by atoms with Gasteiger partial charge < -0.3 is 9.84 Å². The first-order valence-electron chi connectivity index (χ1n) is 8.02. The molecule has 0 saturated carbocycles. The zero-order chi connectivity index (χ0) is 21.3. The number of nitrogens with one attached hydrogen (secondary N) is 1. The van der Waals surface area contributed by atoms with Crippen LogP contribution in [0.15, 0.2) is 36.4 Å². The maximum atomic E-state index is 13.0. The van der Waals surface area contributed by atoms with Gasteiger partial charge in [0, 0.05) is 5.02 Å². The smallest absolute Gasteiger partial charge is 0.416 e. The number of hydrogen-bond donors (Lipinski definition) is 2. The minimum Gasteiger partial charge on any atom is -0.478 e. The quantitative estimate of drug-likeness (QED) is 0.637. The molecule has 0 aliphatic rings. The van der Waals surface area contributed by atoms with E-state index in [1.165, 1.54) is 18.2 Å². The summed E-state index contributed by atoms with van der Waals surface area (Å²) in [6.45, 7) is 4.93. The second-order valence-electron chi connectivity index (χ2n) is 6.92. The molecule has 0 aliphatic heterocycles. The van der Waals surface area contributed by atoms with Gasteiger partial charge in [-0.25, -0.2) is 9.59 Å². The predicted octanol–water partition coefficient (Wildman–Crippen LogP) is 6.07. The minimum atomic E-state index is -4.60. The number of amides is 1. The molecule has 0 spiro atoms. The summed E-state index contributed by atoms with van der Waals surface area (Å²) in [4.78, 5) is 23.5. The van der Waals surface area contributed by atoms with E-state index in [4.69, 9.17) is 16.3 Å². The standard InChI is InChI=1S/C19H17ClF3NO4/c1-18(2,3)28-17(27)24-15-5-4-10(8-14(15)16(25)26)11-6-12(19(21,22)23)9-13(20)7-11/h4-9H,1-3H3,(H,24,27)(H,25,26). The molecule has 0 radical (unpaired) electrons. The zero-order valence-corrected chi connectivity index (χ0v) is 15.9. The van der Waals surface area contributed by atoms with Gasteiger partial charge in [0.25, 0.3) is 0 Å². The Bertz CT molecular complexity index is 920. The first kappa shape index (κ1) is 21.6. The van der Waals surface area contributed by atoms with Gasteiger partial charge >= 0.3 is 18.2 Å². The molecule has 0 aliphatic carbocycles. The van der Waals surface area contributed by atoms with E-state index < -0.39 is 29.4 Å². The summed E-state index contributed by atoms with van der Waals surface area (Å²) >= 11 is 5.78. The summed E-state index contributed by atoms with van der Waals surface area (Å²) in [5, 5.41) is 11.6. The summed E-state index contributed by atoms with van der Waals surface area (Å²) in [7, 11) is 0. The number of hydrogen-bond acceptors (Lipinski definition) is 3. The Labute approximate surface area is 164 Å². The maximum Gasteiger partial charge on any atom is 0.416 e. The number of ether oxygens (including phenoxy) is 1. The van der Waals surface area contributed by atoms with E-state index in [0.717, 1.165) is 18.2 Å². The van der Waals surface area contributed by atoms with Crippen molar-refractivity contribution in [3.05, 3.63) is 52.5 Å². The lowest BCUT2D eigenvalue weighted by atomic mass is 9.99. The third-order valence-corrected chi connectivity index (χ3v) is 3.66. The van der Waals surface area contributed by atoms with Gasteiger partial charge in [-0.3, -0.25) is 5.32 Å². The van der Waals surface area contributed by atoms with Crippen molar-refractivity contribution in [2.24, 2.45) is 0 Å². The average Bonchev–Trinajstić information content (AvgIpc) is 2.51. The number of aromatic carboxylic acids is 1. The Morgan fingerprint density at radius 3 is 2.21 bits per heavy atom. The number of carboxylic acids is 1. The first-order valence-corrected chi connectivity index (χ1v) is 8.39. The van der Waals surface area contributed by atoms with Crippen LogP contribution in [0.4, 0.5) is 23.7 Å². The van der Waals surface area contributed by atoms with Gasteiger partial charge in [0.15, 0.2) is 0 Å². The summed E-state index contributed by atoms with van der Waals surface area (Å²) < 4.78 is 44.1. The number of alkyl halides is 3. The lowest BCUT2D eigenvalue weighted by Gasteiger charge is -2.20. The van der Waals surface area contributed by atoms with Crippen LogP contribution >= 0.6 is 11.6 Å². The third-order valence-electron chi connectivity index (χ3n) is 3.44. The number of carbonyl (C=O) groups excluding carboxylic acids is 1. The maximum absolute atomic E-state index is 13.0. The molecule has 0 atom stereocenters. The number of carbonyl (C=O) groups is 2. The SMILES string of the molecule is CC(C)(C)OC(=O)Nc1ccc(-c2cc(Cl)cc(C(F)(F)F)c2)cc1C(=O)O. The Hall–Kier alpha value is -2.74. The summed E-state index contributed by atoms with van der Waals surface area (Å²) in [5.74, 6) is -1.37. The first-order chi connectivity index (χ1) is 12.8. The fourth-order valence-electron chi connectivity index (χ4n) is 2.34. The Morgan fingerprint density at radius 2 is 1.68 bits per heavy atom. The normalized spacial score (nSPS) is 11.8. The number of rotatable bonds is 3. The number of anilines is 1. The van der Waals surface area contributed by atoms with Gasteiger partial charge in [-0.15, -0.1) is 0 Å². The Balaban J connectivity index is 2.44. The predicted molar refractivity (Wildman–Crippen MR) is 98.7 cm³/mol. The van der Waals surface area contributed by atoms with Gasteiger partial charge in [-0.1, -0.05) is 17.7 Å². The van der Waals surface area contributed by atoms with Crippen LogP contribution in [0.5, 0.6) is 0 Å². The van der Waals surface area contributed by atoms with Gasteiger partial charge in [-0.05, 0) is 62.2 Å². The van der Waals surface area contributed by atoms with Crippen LogP contribution in [-0.2, 0) is 10.9 Å². The van der Waals surface area contributed by atoms with Crippen molar-refractivity contribution in [3.63, 3.8) is 0 Å². The molecular formula is C19H17ClF3NO4. The highest BCUT2D eigenvalue weighted by Gasteiger charge is 2.31. The van der Waals surface area contributed by atoms with E-state index >= 15 is 0 Å². The molecule has 0 fully saturated rings. The Kier molecular flexibility index (Phi) is 5.94. The molecule has 2 aromatic rings. The second-order valence-corrected chi connectivity index (χ2v) is 7.36. The highest BCUT2D eigenvalue weighted by atomic mass is 35.5. The van der Waals surface area contributed by atoms with Gasteiger partial charge in [0.2, 0.25) is 0 Å². The number of benzene rings is 2. The molecule has 0 heterocycles. The van der Waals surface area contributed by atoms with E-state index in [2.05, 4.69) is 5.32 Å². The molecule has 150 valence electrons.